The highest BCUT2D eigenvalue weighted by molar-refractivity contribution is 5.95. The summed E-state index contributed by atoms with van der Waals surface area (Å²) in [5, 5.41) is 12.7. The van der Waals surface area contributed by atoms with Crippen molar-refractivity contribution in [3.8, 4) is 0 Å². The minimum absolute atomic E-state index is 0.00950. The van der Waals surface area contributed by atoms with E-state index in [0.29, 0.717) is 17.2 Å². The van der Waals surface area contributed by atoms with Gasteiger partial charge in [0.25, 0.3) is 5.91 Å². The van der Waals surface area contributed by atoms with Crippen LogP contribution in [0.5, 0.6) is 0 Å². The Bertz CT molecular complexity index is 501. The Labute approximate surface area is 120 Å². The smallest absolute Gasteiger partial charge is 0.251 e. The molecule has 0 heterocycles. The number of amides is 1. The molecule has 2 rings (SSSR count). The van der Waals surface area contributed by atoms with Gasteiger partial charge in [-0.2, -0.15) is 0 Å². The Balaban J connectivity index is 2.14. The number of carbonyl (C=O) groups is 1. The van der Waals surface area contributed by atoms with Gasteiger partial charge in [-0.25, -0.2) is 0 Å². The third kappa shape index (κ3) is 3.12. The van der Waals surface area contributed by atoms with Crippen LogP contribution >= 0.6 is 0 Å². The Morgan fingerprint density at radius 2 is 2.30 bits per heavy atom. The summed E-state index contributed by atoms with van der Waals surface area (Å²) in [6, 6.07) is 5.32. The molecule has 0 spiro atoms. The first kappa shape index (κ1) is 14.9. The van der Waals surface area contributed by atoms with E-state index in [9.17, 15) is 9.90 Å². The number of anilines is 1. The number of aliphatic hydroxyl groups excluding tert-OH is 1. The Morgan fingerprint density at radius 1 is 1.55 bits per heavy atom. The van der Waals surface area contributed by atoms with E-state index < -0.39 is 5.54 Å². The zero-order chi connectivity index (χ0) is 14.8. The zero-order valence-corrected chi connectivity index (χ0v) is 12.3. The lowest BCUT2D eigenvalue weighted by molar-refractivity contribution is 0.0697. The monoisotopic (exact) mass is 276 g/mol. The number of nitrogens with one attached hydrogen (secondary N) is 1. The molecular formula is C16H24N2O2. The van der Waals surface area contributed by atoms with Crippen molar-refractivity contribution < 1.29 is 9.90 Å². The normalized spacial score (nSPS) is 26.2. The van der Waals surface area contributed by atoms with Crippen LogP contribution in [0.2, 0.25) is 0 Å². The van der Waals surface area contributed by atoms with Crippen LogP contribution in [0.15, 0.2) is 18.2 Å². The van der Waals surface area contributed by atoms with E-state index in [-0.39, 0.29) is 12.5 Å². The summed E-state index contributed by atoms with van der Waals surface area (Å²) in [7, 11) is 0. The minimum Gasteiger partial charge on any atom is -0.398 e. The average molecular weight is 276 g/mol. The molecule has 1 aliphatic carbocycles. The number of aliphatic hydroxyl groups is 1. The maximum Gasteiger partial charge on any atom is 0.251 e. The zero-order valence-electron chi connectivity index (χ0n) is 12.3. The van der Waals surface area contributed by atoms with E-state index in [1.54, 1.807) is 12.1 Å². The fraction of sp³-hybridized carbons (Fsp3) is 0.562. The standard InChI is InChI=1S/C16H24N2O2/c1-11-4-3-7-16(9-11,10-19)18-15(20)13-6-5-12(2)14(17)8-13/h5-6,8,11,19H,3-4,7,9-10,17H2,1-2H3,(H,18,20). The predicted octanol–water partition coefficient (Wildman–Crippen LogP) is 2.25. The summed E-state index contributed by atoms with van der Waals surface area (Å²) in [5.74, 6) is 0.374. The van der Waals surface area contributed by atoms with Crippen LogP contribution in [-0.2, 0) is 0 Å². The average Bonchev–Trinajstić information content (AvgIpc) is 2.41. The molecule has 0 saturated heterocycles. The van der Waals surface area contributed by atoms with Crippen LogP contribution in [0.25, 0.3) is 0 Å². The number of benzene rings is 1. The minimum atomic E-state index is -0.478. The lowest BCUT2D eigenvalue weighted by Gasteiger charge is -2.39. The van der Waals surface area contributed by atoms with E-state index in [1.165, 1.54) is 0 Å². The third-order valence-electron chi connectivity index (χ3n) is 4.31. The van der Waals surface area contributed by atoms with Crippen molar-refractivity contribution in [3.05, 3.63) is 29.3 Å². The third-order valence-corrected chi connectivity index (χ3v) is 4.31. The highest BCUT2D eigenvalue weighted by atomic mass is 16.3. The molecule has 0 bridgehead atoms. The van der Waals surface area contributed by atoms with Crippen molar-refractivity contribution in [3.63, 3.8) is 0 Å². The van der Waals surface area contributed by atoms with Gasteiger partial charge < -0.3 is 16.2 Å². The molecule has 4 nitrogen and oxygen atoms in total. The largest absolute Gasteiger partial charge is 0.398 e. The first-order chi connectivity index (χ1) is 9.46. The SMILES string of the molecule is Cc1ccc(C(=O)NC2(CO)CCCC(C)C2)cc1N. The Kier molecular flexibility index (Phi) is 4.33. The lowest BCUT2D eigenvalue weighted by Crippen LogP contribution is -2.53. The molecule has 4 N–H and O–H groups in total. The van der Waals surface area contributed by atoms with Gasteiger partial charge in [0, 0.05) is 11.3 Å². The Morgan fingerprint density at radius 3 is 2.90 bits per heavy atom. The summed E-state index contributed by atoms with van der Waals surface area (Å²) in [4.78, 5) is 12.4. The number of hydrogen-bond donors (Lipinski definition) is 3. The van der Waals surface area contributed by atoms with Crippen molar-refractivity contribution in [1.82, 2.24) is 5.32 Å². The van der Waals surface area contributed by atoms with Gasteiger partial charge in [-0.3, -0.25) is 4.79 Å². The van der Waals surface area contributed by atoms with Crippen LogP contribution in [0.3, 0.4) is 0 Å². The number of nitrogen functional groups attached to an aromatic ring is 1. The molecule has 1 saturated carbocycles. The van der Waals surface area contributed by atoms with Gasteiger partial charge >= 0.3 is 0 Å². The fourth-order valence-corrected chi connectivity index (χ4v) is 3.05. The molecule has 1 aromatic rings. The molecule has 1 aliphatic rings. The second-order valence-corrected chi connectivity index (χ2v) is 6.17. The van der Waals surface area contributed by atoms with Crippen molar-refractivity contribution in [1.29, 1.82) is 0 Å². The van der Waals surface area contributed by atoms with Crippen LogP contribution < -0.4 is 11.1 Å². The van der Waals surface area contributed by atoms with Gasteiger partial charge in [0.2, 0.25) is 0 Å². The van der Waals surface area contributed by atoms with Crippen molar-refractivity contribution in [2.24, 2.45) is 5.92 Å². The van der Waals surface area contributed by atoms with E-state index in [1.807, 2.05) is 13.0 Å². The maximum atomic E-state index is 12.4. The number of aryl methyl sites for hydroxylation is 1. The fourth-order valence-electron chi connectivity index (χ4n) is 3.05. The summed E-state index contributed by atoms with van der Waals surface area (Å²) in [5.41, 5.74) is 7.51. The molecule has 110 valence electrons. The van der Waals surface area contributed by atoms with Crippen LogP contribution in [0.1, 0.15) is 48.5 Å². The summed E-state index contributed by atoms with van der Waals surface area (Å²) >= 11 is 0. The second kappa shape index (κ2) is 5.83. The molecule has 2 unspecified atom stereocenters. The lowest BCUT2D eigenvalue weighted by atomic mass is 9.76. The topological polar surface area (TPSA) is 75.3 Å². The van der Waals surface area contributed by atoms with Gasteiger partial charge in [-0.15, -0.1) is 0 Å². The number of nitrogens with two attached hydrogens (primary N) is 1. The molecule has 4 heteroatoms. The summed E-state index contributed by atoms with van der Waals surface area (Å²) in [6.07, 6.45) is 3.87. The van der Waals surface area contributed by atoms with Gasteiger partial charge in [0.15, 0.2) is 0 Å². The first-order valence-corrected chi connectivity index (χ1v) is 7.25. The molecular weight excluding hydrogens is 252 g/mol. The van der Waals surface area contributed by atoms with E-state index in [2.05, 4.69) is 12.2 Å². The quantitative estimate of drug-likeness (QED) is 0.741. The number of hydrogen-bond acceptors (Lipinski definition) is 3. The molecule has 1 fully saturated rings. The van der Waals surface area contributed by atoms with E-state index in [0.717, 1.165) is 31.2 Å². The predicted molar refractivity (Wildman–Crippen MR) is 80.5 cm³/mol. The molecule has 0 aliphatic heterocycles. The van der Waals surface area contributed by atoms with Crippen LogP contribution in [0.4, 0.5) is 5.69 Å². The van der Waals surface area contributed by atoms with Crippen LogP contribution in [0, 0.1) is 12.8 Å². The van der Waals surface area contributed by atoms with Gasteiger partial charge in [-0.05, 0) is 43.4 Å². The first-order valence-electron chi connectivity index (χ1n) is 7.25. The summed E-state index contributed by atoms with van der Waals surface area (Å²) in [6.45, 7) is 4.07. The highest BCUT2D eigenvalue weighted by Gasteiger charge is 2.35. The number of rotatable bonds is 3. The van der Waals surface area contributed by atoms with Gasteiger partial charge in [0.05, 0.1) is 12.1 Å². The van der Waals surface area contributed by atoms with Gasteiger partial charge in [-0.1, -0.05) is 25.8 Å². The molecule has 2 atom stereocenters. The molecule has 1 aromatic carbocycles. The number of carbonyl (C=O) groups excluding carboxylic acids is 1. The second-order valence-electron chi connectivity index (χ2n) is 6.17. The van der Waals surface area contributed by atoms with E-state index >= 15 is 0 Å². The summed E-state index contributed by atoms with van der Waals surface area (Å²) < 4.78 is 0. The highest BCUT2D eigenvalue weighted by Crippen LogP contribution is 2.32. The molecule has 0 radical (unpaired) electrons. The van der Waals surface area contributed by atoms with Crippen LogP contribution in [-0.4, -0.2) is 23.2 Å². The molecule has 0 aromatic heterocycles. The van der Waals surface area contributed by atoms with E-state index in [4.69, 9.17) is 5.73 Å². The van der Waals surface area contributed by atoms with Crippen molar-refractivity contribution >= 4 is 11.6 Å². The molecule has 20 heavy (non-hydrogen) atoms. The van der Waals surface area contributed by atoms with Gasteiger partial charge in [0.1, 0.15) is 0 Å². The van der Waals surface area contributed by atoms with Crippen molar-refractivity contribution in [2.75, 3.05) is 12.3 Å². The Hall–Kier alpha value is -1.55. The molecule has 1 amide bonds. The van der Waals surface area contributed by atoms with Crippen molar-refractivity contribution in [2.45, 2.75) is 45.1 Å². The maximum absolute atomic E-state index is 12.4.